The first-order chi connectivity index (χ1) is 9.20. The molecule has 0 saturated carbocycles. The highest BCUT2D eigenvalue weighted by molar-refractivity contribution is 9.09. The Kier molecular flexibility index (Phi) is 5.25. The van der Waals surface area contributed by atoms with Gasteiger partial charge in [-0.1, -0.05) is 40.9 Å². The summed E-state index contributed by atoms with van der Waals surface area (Å²) in [6.45, 7) is 0.855. The van der Waals surface area contributed by atoms with E-state index in [0.717, 1.165) is 30.3 Å². The van der Waals surface area contributed by atoms with Gasteiger partial charge in [0.15, 0.2) is 0 Å². The van der Waals surface area contributed by atoms with Crippen molar-refractivity contribution in [1.29, 1.82) is 0 Å². The van der Waals surface area contributed by atoms with Crippen LogP contribution >= 0.6 is 15.9 Å². The first kappa shape index (κ1) is 14.4. The van der Waals surface area contributed by atoms with Crippen LogP contribution in [-0.4, -0.2) is 33.8 Å². The lowest BCUT2D eigenvalue weighted by molar-refractivity contribution is -0.132. The van der Waals surface area contributed by atoms with Crippen LogP contribution in [0.1, 0.15) is 31.2 Å². The number of benzene rings is 1. The van der Waals surface area contributed by atoms with Gasteiger partial charge in [-0.05, 0) is 30.5 Å². The van der Waals surface area contributed by atoms with Gasteiger partial charge in [0, 0.05) is 17.9 Å². The fourth-order valence-electron chi connectivity index (χ4n) is 2.61. The van der Waals surface area contributed by atoms with E-state index in [1.165, 1.54) is 12.8 Å². The molecular weight excluding hydrogens is 306 g/mol. The third-order valence-electron chi connectivity index (χ3n) is 3.64. The van der Waals surface area contributed by atoms with E-state index < -0.39 is 0 Å². The van der Waals surface area contributed by atoms with Gasteiger partial charge in [0.1, 0.15) is 5.75 Å². The maximum Gasteiger partial charge on any atom is 0.227 e. The number of phenolic OH excluding ortho intramolecular Hbond substituents is 1. The van der Waals surface area contributed by atoms with Crippen LogP contribution in [0.25, 0.3) is 0 Å². The quantitative estimate of drug-likeness (QED) is 0.867. The Morgan fingerprint density at radius 3 is 2.95 bits per heavy atom. The van der Waals surface area contributed by atoms with Crippen molar-refractivity contribution in [2.75, 3.05) is 11.9 Å². The van der Waals surface area contributed by atoms with E-state index >= 15 is 0 Å². The first-order valence-corrected chi connectivity index (χ1v) is 7.96. The number of carbonyl (C=O) groups is 1. The monoisotopic (exact) mass is 325 g/mol. The Labute approximate surface area is 122 Å². The second-order valence-electron chi connectivity index (χ2n) is 5.09. The lowest BCUT2D eigenvalue weighted by Crippen LogP contribution is -2.41. The molecule has 0 spiro atoms. The molecule has 0 radical (unpaired) electrons. The summed E-state index contributed by atoms with van der Waals surface area (Å²) >= 11 is 3.52. The van der Waals surface area contributed by atoms with E-state index in [9.17, 15) is 9.90 Å². The Balaban J connectivity index is 2.04. The molecule has 104 valence electrons. The number of rotatable bonds is 3. The van der Waals surface area contributed by atoms with Gasteiger partial charge >= 0.3 is 0 Å². The fraction of sp³-hybridized carbons (Fsp3) is 0.533. The summed E-state index contributed by atoms with van der Waals surface area (Å²) in [6.07, 6.45) is 4.95. The van der Waals surface area contributed by atoms with E-state index in [1.807, 2.05) is 11.0 Å². The van der Waals surface area contributed by atoms with Crippen LogP contribution < -0.4 is 0 Å². The molecule has 1 amide bonds. The predicted molar refractivity (Wildman–Crippen MR) is 79.6 cm³/mol. The van der Waals surface area contributed by atoms with Gasteiger partial charge in [0.05, 0.1) is 6.42 Å². The average Bonchev–Trinajstić information content (AvgIpc) is 2.63. The smallest absolute Gasteiger partial charge is 0.227 e. The highest BCUT2D eigenvalue weighted by Gasteiger charge is 2.24. The Morgan fingerprint density at radius 1 is 1.37 bits per heavy atom. The number of halogens is 1. The molecule has 0 aliphatic carbocycles. The minimum atomic E-state index is 0.164. The summed E-state index contributed by atoms with van der Waals surface area (Å²) in [6, 6.07) is 7.27. The minimum absolute atomic E-state index is 0.164. The van der Waals surface area contributed by atoms with Crippen molar-refractivity contribution >= 4 is 21.8 Å². The lowest BCUT2D eigenvalue weighted by atomic mass is 10.1. The van der Waals surface area contributed by atoms with Crippen LogP contribution in [0.2, 0.25) is 0 Å². The Hall–Kier alpha value is -1.03. The average molecular weight is 326 g/mol. The summed E-state index contributed by atoms with van der Waals surface area (Å²) in [7, 11) is 0. The molecule has 1 aliphatic rings. The maximum atomic E-state index is 12.4. The van der Waals surface area contributed by atoms with Crippen LogP contribution in [0.15, 0.2) is 24.3 Å². The molecule has 19 heavy (non-hydrogen) atoms. The fourth-order valence-corrected chi connectivity index (χ4v) is 3.28. The second kappa shape index (κ2) is 6.94. The van der Waals surface area contributed by atoms with Crippen molar-refractivity contribution < 1.29 is 9.90 Å². The van der Waals surface area contributed by atoms with E-state index in [-0.39, 0.29) is 11.7 Å². The van der Waals surface area contributed by atoms with Gasteiger partial charge in [-0.3, -0.25) is 4.79 Å². The molecule has 4 heteroatoms. The molecule has 1 saturated heterocycles. The topological polar surface area (TPSA) is 40.5 Å². The summed E-state index contributed by atoms with van der Waals surface area (Å²) in [5.41, 5.74) is 0.877. The molecule has 3 nitrogen and oxygen atoms in total. The molecular formula is C15H20BrNO2. The number of aromatic hydroxyl groups is 1. The Morgan fingerprint density at radius 2 is 2.21 bits per heavy atom. The highest BCUT2D eigenvalue weighted by Crippen LogP contribution is 2.20. The molecule has 1 aliphatic heterocycles. The van der Waals surface area contributed by atoms with Crippen molar-refractivity contribution in [3.05, 3.63) is 29.8 Å². The summed E-state index contributed by atoms with van der Waals surface area (Å²) < 4.78 is 0. The number of carbonyl (C=O) groups excluding carboxylic acids is 1. The molecule has 1 atom stereocenters. The lowest BCUT2D eigenvalue weighted by Gasteiger charge is -2.29. The van der Waals surface area contributed by atoms with Gasteiger partial charge in [-0.15, -0.1) is 0 Å². The summed E-state index contributed by atoms with van der Waals surface area (Å²) in [5.74, 6) is 0.384. The maximum absolute atomic E-state index is 12.4. The van der Waals surface area contributed by atoms with Crippen molar-refractivity contribution in [3.63, 3.8) is 0 Å². The summed E-state index contributed by atoms with van der Waals surface area (Å²) in [5, 5.41) is 10.3. The number of alkyl halides is 1. The number of phenols is 1. The van der Waals surface area contributed by atoms with Crippen LogP contribution in [-0.2, 0) is 11.2 Å². The Bertz CT molecular complexity index is 436. The van der Waals surface area contributed by atoms with Crippen LogP contribution in [0.5, 0.6) is 5.75 Å². The largest absolute Gasteiger partial charge is 0.508 e. The molecule has 1 aromatic carbocycles. The number of likely N-dealkylation sites (tertiary alicyclic amines) is 1. The van der Waals surface area contributed by atoms with Crippen LogP contribution in [0, 0.1) is 0 Å². The van der Waals surface area contributed by atoms with E-state index in [0.29, 0.717) is 12.5 Å². The van der Waals surface area contributed by atoms with Crippen molar-refractivity contribution in [2.24, 2.45) is 0 Å². The van der Waals surface area contributed by atoms with Crippen molar-refractivity contribution in [3.8, 4) is 5.75 Å². The molecule has 1 unspecified atom stereocenters. The minimum Gasteiger partial charge on any atom is -0.508 e. The predicted octanol–water partition coefficient (Wildman–Crippen LogP) is 3.10. The number of hydrogen-bond donors (Lipinski definition) is 1. The van der Waals surface area contributed by atoms with E-state index in [4.69, 9.17) is 0 Å². The molecule has 2 rings (SSSR count). The second-order valence-corrected chi connectivity index (χ2v) is 5.74. The third kappa shape index (κ3) is 3.96. The van der Waals surface area contributed by atoms with Crippen molar-refractivity contribution in [1.82, 2.24) is 4.90 Å². The first-order valence-electron chi connectivity index (χ1n) is 6.84. The van der Waals surface area contributed by atoms with E-state index in [1.54, 1.807) is 18.2 Å². The third-order valence-corrected chi connectivity index (χ3v) is 4.39. The number of nitrogens with zero attached hydrogens (tertiary/aromatic N) is 1. The van der Waals surface area contributed by atoms with Gasteiger partial charge in [-0.25, -0.2) is 0 Å². The normalized spacial score (nSPS) is 20.1. The van der Waals surface area contributed by atoms with Gasteiger partial charge in [0.25, 0.3) is 0 Å². The molecule has 1 heterocycles. The summed E-state index contributed by atoms with van der Waals surface area (Å²) in [4.78, 5) is 14.4. The molecule has 0 bridgehead atoms. The van der Waals surface area contributed by atoms with Crippen LogP contribution in [0.3, 0.4) is 0 Å². The number of amides is 1. The zero-order valence-electron chi connectivity index (χ0n) is 11.0. The zero-order chi connectivity index (χ0) is 13.7. The van der Waals surface area contributed by atoms with E-state index in [2.05, 4.69) is 15.9 Å². The van der Waals surface area contributed by atoms with Gasteiger partial charge in [-0.2, -0.15) is 0 Å². The zero-order valence-corrected chi connectivity index (χ0v) is 12.6. The van der Waals surface area contributed by atoms with Crippen molar-refractivity contribution in [2.45, 2.75) is 38.1 Å². The molecule has 1 aromatic rings. The molecule has 0 aromatic heterocycles. The van der Waals surface area contributed by atoms with Gasteiger partial charge < -0.3 is 10.0 Å². The highest BCUT2D eigenvalue weighted by atomic mass is 79.9. The SMILES string of the molecule is O=C(Cc1cccc(O)c1)N1CCCCCC1CBr. The van der Waals surface area contributed by atoms with Crippen LogP contribution in [0.4, 0.5) is 0 Å². The molecule has 1 N–H and O–H groups in total. The molecule has 1 fully saturated rings. The van der Waals surface area contributed by atoms with Gasteiger partial charge in [0.2, 0.25) is 5.91 Å². The standard InChI is InChI=1S/C15H20BrNO2/c16-11-13-6-2-1-3-8-17(13)15(19)10-12-5-4-7-14(18)9-12/h4-5,7,9,13,18H,1-3,6,8,10-11H2. The number of hydrogen-bond acceptors (Lipinski definition) is 2.